The fraction of sp³-hybridized carbons (Fsp3) is 0.241. The van der Waals surface area contributed by atoms with E-state index in [-0.39, 0.29) is 27.9 Å². The van der Waals surface area contributed by atoms with Gasteiger partial charge in [0.25, 0.3) is 5.78 Å². The van der Waals surface area contributed by atoms with Crippen molar-refractivity contribution in [2.75, 3.05) is 32.8 Å². The van der Waals surface area contributed by atoms with Crippen molar-refractivity contribution in [1.29, 1.82) is 0 Å². The molecule has 208 valence electrons. The highest BCUT2D eigenvalue weighted by molar-refractivity contribution is 7.17. The molecule has 1 amide bonds. The summed E-state index contributed by atoms with van der Waals surface area (Å²) < 4.78 is 21.3. The minimum absolute atomic E-state index is 0.00292. The molecule has 1 fully saturated rings. The zero-order valence-corrected chi connectivity index (χ0v) is 23.5. The van der Waals surface area contributed by atoms with Gasteiger partial charge in [-0.05, 0) is 55.3 Å². The van der Waals surface area contributed by atoms with Gasteiger partial charge >= 0.3 is 11.9 Å². The van der Waals surface area contributed by atoms with Gasteiger partial charge in [0, 0.05) is 5.56 Å². The van der Waals surface area contributed by atoms with E-state index in [2.05, 4.69) is 11.6 Å². The first kappa shape index (κ1) is 28.4. The van der Waals surface area contributed by atoms with Gasteiger partial charge in [-0.15, -0.1) is 0 Å². The number of esters is 1. The van der Waals surface area contributed by atoms with Crippen molar-refractivity contribution >= 4 is 39.9 Å². The van der Waals surface area contributed by atoms with E-state index < -0.39 is 23.7 Å². The lowest BCUT2D eigenvalue weighted by Crippen LogP contribution is -2.29. The average Bonchev–Trinajstić information content (AvgIpc) is 3.46. The number of hydrogen-bond donors (Lipinski definition) is 1. The Labute approximate surface area is 235 Å². The van der Waals surface area contributed by atoms with Crippen LogP contribution >= 0.6 is 11.3 Å². The van der Waals surface area contributed by atoms with Gasteiger partial charge in [-0.1, -0.05) is 30.1 Å². The molecule has 0 spiro atoms. The standard InChI is InChI=1S/C29H28N2O8S/c1-7-12-39-28(35)26-16(3)30-29(40-26)31-23(17-8-11-20(37-5)21(14-17)38-6)22(25(33)27(31)34)24(32)18-9-10-19(36-4)15(2)13-18/h7-11,13-14,23,32H,1,12H2,2-6H3/b24-22+/t23-/m1/s1. The van der Waals surface area contributed by atoms with Crippen LogP contribution in [-0.2, 0) is 14.3 Å². The van der Waals surface area contributed by atoms with Gasteiger partial charge < -0.3 is 24.1 Å². The van der Waals surface area contributed by atoms with E-state index in [0.29, 0.717) is 34.1 Å². The van der Waals surface area contributed by atoms with Crippen molar-refractivity contribution in [3.63, 3.8) is 0 Å². The van der Waals surface area contributed by atoms with E-state index in [1.54, 1.807) is 50.2 Å². The number of ether oxygens (including phenoxy) is 4. The Hall–Kier alpha value is -4.64. The summed E-state index contributed by atoms with van der Waals surface area (Å²) in [6.45, 7) is 6.94. The van der Waals surface area contributed by atoms with Crippen molar-refractivity contribution in [3.05, 3.63) is 81.9 Å². The Kier molecular flexibility index (Phi) is 8.24. The van der Waals surface area contributed by atoms with Crippen molar-refractivity contribution in [1.82, 2.24) is 4.98 Å². The number of carbonyl (C=O) groups excluding carboxylic acids is 3. The van der Waals surface area contributed by atoms with Crippen molar-refractivity contribution in [2.24, 2.45) is 0 Å². The molecule has 11 heteroatoms. The number of ketones is 1. The number of amides is 1. The highest BCUT2D eigenvalue weighted by atomic mass is 32.1. The number of nitrogens with zero attached hydrogens (tertiary/aromatic N) is 2. The molecule has 10 nitrogen and oxygen atoms in total. The molecule has 1 saturated heterocycles. The molecule has 4 rings (SSSR count). The molecule has 0 bridgehead atoms. The topological polar surface area (TPSA) is 124 Å². The molecule has 1 aliphatic heterocycles. The maximum Gasteiger partial charge on any atom is 0.350 e. The predicted octanol–water partition coefficient (Wildman–Crippen LogP) is 4.75. The van der Waals surface area contributed by atoms with Gasteiger partial charge in [0.2, 0.25) is 0 Å². The third-order valence-electron chi connectivity index (χ3n) is 6.35. The lowest BCUT2D eigenvalue weighted by Gasteiger charge is -2.24. The SMILES string of the molecule is C=CCOC(=O)c1sc(N2C(=O)C(=O)/C(=C(/O)c3ccc(OC)c(C)c3)[C@H]2c2ccc(OC)c(OC)c2)nc1C. The number of benzene rings is 2. The number of hydrogen-bond acceptors (Lipinski definition) is 10. The fourth-order valence-corrected chi connectivity index (χ4v) is 5.41. The molecule has 2 aromatic carbocycles. The van der Waals surface area contributed by atoms with Crippen LogP contribution in [0.15, 0.2) is 54.6 Å². The summed E-state index contributed by atoms with van der Waals surface area (Å²) in [5, 5.41) is 11.5. The van der Waals surface area contributed by atoms with Crippen LogP contribution in [0.3, 0.4) is 0 Å². The lowest BCUT2D eigenvalue weighted by molar-refractivity contribution is -0.132. The first-order chi connectivity index (χ1) is 19.2. The summed E-state index contributed by atoms with van der Waals surface area (Å²) in [6, 6.07) is 8.75. The van der Waals surface area contributed by atoms with Crippen LogP contribution in [0.4, 0.5) is 5.13 Å². The van der Waals surface area contributed by atoms with E-state index in [4.69, 9.17) is 18.9 Å². The smallest absolute Gasteiger partial charge is 0.350 e. The van der Waals surface area contributed by atoms with E-state index in [9.17, 15) is 19.5 Å². The first-order valence-electron chi connectivity index (χ1n) is 12.1. The molecule has 1 aromatic heterocycles. The number of thiazole rings is 1. The normalized spacial score (nSPS) is 16.1. The van der Waals surface area contributed by atoms with Gasteiger partial charge in [-0.2, -0.15) is 0 Å². The predicted molar refractivity (Wildman–Crippen MR) is 149 cm³/mol. The number of anilines is 1. The minimum atomic E-state index is -1.09. The monoisotopic (exact) mass is 564 g/mol. The Morgan fingerprint density at radius 2 is 1.73 bits per heavy atom. The Balaban J connectivity index is 1.93. The molecule has 1 atom stereocenters. The summed E-state index contributed by atoms with van der Waals surface area (Å²) in [4.78, 5) is 45.4. The van der Waals surface area contributed by atoms with Crippen LogP contribution in [0.2, 0.25) is 0 Å². The van der Waals surface area contributed by atoms with E-state index >= 15 is 0 Å². The second kappa shape index (κ2) is 11.6. The minimum Gasteiger partial charge on any atom is -0.507 e. The van der Waals surface area contributed by atoms with Crippen LogP contribution in [0.5, 0.6) is 17.2 Å². The Morgan fingerprint density at radius 3 is 2.35 bits per heavy atom. The molecule has 1 N–H and O–H groups in total. The number of aryl methyl sites for hydroxylation is 2. The van der Waals surface area contributed by atoms with E-state index in [0.717, 1.165) is 16.9 Å². The molecular weight excluding hydrogens is 536 g/mol. The average molecular weight is 565 g/mol. The summed E-state index contributed by atoms with van der Waals surface area (Å²) in [6.07, 6.45) is 1.44. The van der Waals surface area contributed by atoms with Crippen LogP contribution in [-0.4, -0.2) is 55.7 Å². The molecule has 0 aliphatic carbocycles. The molecule has 0 unspecified atom stereocenters. The summed E-state index contributed by atoms with van der Waals surface area (Å²) >= 11 is 0.910. The summed E-state index contributed by atoms with van der Waals surface area (Å²) in [5.74, 6) is -1.43. The van der Waals surface area contributed by atoms with Crippen LogP contribution in [0.1, 0.15) is 38.1 Å². The highest BCUT2D eigenvalue weighted by Crippen LogP contribution is 2.45. The van der Waals surface area contributed by atoms with Gasteiger partial charge in [-0.25, -0.2) is 9.78 Å². The van der Waals surface area contributed by atoms with Crippen molar-refractivity contribution in [3.8, 4) is 17.2 Å². The molecule has 40 heavy (non-hydrogen) atoms. The third-order valence-corrected chi connectivity index (χ3v) is 7.48. The second-order valence-corrected chi connectivity index (χ2v) is 9.74. The lowest BCUT2D eigenvalue weighted by atomic mass is 9.94. The summed E-state index contributed by atoms with van der Waals surface area (Å²) in [5.41, 5.74) is 1.68. The molecule has 2 heterocycles. The number of aliphatic hydroxyl groups excluding tert-OH is 1. The number of aromatic nitrogens is 1. The number of aliphatic hydroxyl groups is 1. The van der Waals surface area contributed by atoms with E-state index in [1.807, 2.05) is 0 Å². The zero-order chi connectivity index (χ0) is 29.1. The van der Waals surface area contributed by atoms with Gasteiger partial charge in [0.1, 0.15) is 23.0 Å². The molecule has 0 radical (unpaired) electrons. The van der Waals surface area contributed by atoms with Crippen molar-refractivity contribution in [2.45, 2.75) is 19.9 Å². The van der Waals surface area contributed by atoms with Gasteiger partial charge in [-0.3, -0.25) is 14.5 Å². The van der Waals surface area contributed by atoms with E-state index in [1.165, 1.54) is 32.3 Å². The molecular formula is C29H28N2O8S. The maximum absolute atomic E-state index is 13.5. The quantitative estimate of drug-likeness (QED) is 0.129. The maximum atomic E-state index is 13.5. The number of Topliss-reactive ketones (excluding diaryl/α,β-unsaturated/α-hetero) is 1. The van der Waals surface area contributed by atoms with Gasteiger partial charge in [0.15, 0.2) is 16.6 Å². The zero-order valence-electron chi connectivity index (χ0n) is 22.6. The largest absolute Gasteiger partial charge is 0.507 e. The number of rotatable bonds is 9. The summed E-state index contributed by atoms with van der Waals surface area (Å²) in [7, 11) is 4.48. The van der Waals surface area contributed by atoms with Gasteiger partial charge in [0.05, 0.1) is 38.6 Å². The van der Waals surface area contributed by atoms with Crippen LogP contribution in [0.25, 0.3) is 5.76 Å². The molecule has 3 aromatic rings. The molecule has 1 aliphatic rings. The number of carbonyl (C=O) groups is 3. The second-order valence-electron chi connectivity index (χ2n) is 8.77. The first-order valence-corrected chi connectivity index (χ1v) is 12.9. The Morgan fingerprint density at radius 1 is 1.05 bits per heavy atom. The van der Waals surface area contributed by atoms with Crippen molar-refractivity contribution < 1.29 is 38.4 Å². The van der Waals surface area contributed by atoms with Crippen LogP contribution in [0, 0.1) is 13.8 Å². The third kappa shape index (κ3) is 5.03. The number of methoxy groups -OCH3 is 3. The Bertz CT molecular complexity index is 1540. The highest BCUT2D eigenvalue weighted by Gasteiger charge is 2.48. The molecule has 0 saturated carbocycles. The fourth-order valence-electron chi connectivity index (χ4n) is 4.42. The van der Waals surface area contributed by atoms with Crippen LogP contribution < -0.4 is 19.1 Å².